The van der Waals surface area contributed by atoms with Crippen LogP contribution in [-0.4, -0.2) is 29.7 Å². The van der Waals surface area contributed by atoms with Gasteiger partial charge in [-0.1, -0.05) is 34.8 Å². The second-order valence-corrected chi connectivity index (χ2v) is 7.79. The fourth-order valence-corrected chi connectivity index (χ4v) is 4.26. The molecular weight excluding hydrogens is 397 g/mol. The molecule has 0 atom stereocenters. The van der Waals surface area contributed by atoms with Gasteiger partial charge in [-0.15, -0.1) is 0 Å². The molecule has 0 aromatic heterocycles. The normalized spacial score (nSPS) is 11.2. The van der Waals surface area contributed by atoms with Gasteiger partial charge in [0.15, 0.2) is 0 Å². The van der Waals surface area contributed by atoms with Crippen molar-refractivity contribution in [1.82, 2.24) is 0 Å². The minimum Gasteiger partial charge on any atom is -0.495 e. The molecule has 0 N–H and O–H groups in total. The van der Waals surface area contributed by atoms with Crippen LogP contribution in [0.4, 0.5) is 5.69 Å². The second kappa shape index (κ2) is 7.27. The van der Waals surface area contributed by atoms with E-state index in [1.807, 2.05) is 0 Å². The van der Waals surface area contributed by atoms with Gasteiger partial charge >= 0.3 is 0 Å². The molecule has 0 unspecified atom stereocenters. The average molecular weight is 411 g/mol. The summed E-state index contributed by atoms with van der Waals surface area (Å²) in [5.41, 5.74) is 0.351. The summed E-state index contributed by atoms with van der Waals surface area (Å²) in [4.78, 5) is -0.135. The van der Waals surface area contributed by atoms with Gasteiger partial charge in [0.05, 0.1) is 30.0 Å². The predicted molar refractivity (Wildman–Crippen MR) is 96.6 cm³/mol. The summed E-state index contributed by atoms with van der Waals surface area (Å²) in [7, 11) is 0.333. The minimum atomic E-state index is -3.94. The summed E-state index contributed by atoms with van der Waals surface area (Å²) < 4.78 is 36.8. The van der Waals surface area contributed by atoms with Crippen LogP contribution in [0.2, 0.25) is 15.1 Å². The lowest BCUT2D eigenvalue weighted by Gasteiger charge is -2.21. The molecule has 0 saturated carbocycles. The van der Waals surface area contributed by atoms with Crippen molar-refractivity contribution < 1.29 is 17.9 Å². The van der Waals surface area contributed by atoms with E-state index in [2.05, 4.69) is 0 Å². The van der Waals surface area contributed by atoms with Crippen molar-refractivity contribution in [3.05, 3.63) is 45.4 Å². The van der Waals surface area contributed by atoms with E-state index in [1.54, 1.807) is 12.1 Å². The highest BCUT2D eigenvalue weighted by atomic mass is 35.5. The van der Waals surface area contributed by atoms with Gasteiger partial charge in [0, 0.05) is 7.05 Å². The number of benzene rings is 2. The number of anilines is 1. The van der Waals surface area contributed by atoms with Crippen LogP contribution in [0.5, 0.6) is 11.5 Å². The van der Waals surface area contributed by atoms with Crippen LogP contribution in [0.1, 0.15) is 0 Å². The fourth-order valence-electron chi connectivity index (χ4n) is 2.01. The Hall–Kier alpha value is -1.34. The Morgan fingerprint density at radius 2 is 1.50 bits per heavy atom. The molecule has 130 valence electrons. The first-order valence-electron chi connectivity index (χ1n) is 6.58. The maximum absolute atomic E-state index is 12.8. The van der Waals surface area contributed by atoms with Crippen LogP contribution in [0.15, 0.2) is 35.2 Å². The molecule has 2 rings (SSSR count). The molecule has 0 fully saturated rings. The van der Waals surface area contributed by atoms with E-state index in [4.69, 9.17) is 44.3 Å². The number of nitrogens with zero attached hydrogens (tertiary/aromatic N) is 1. The summed E-state index contributed by atoms with van der Waals surface area (Å²) in [6.45, 7) is 0. The zero-order valence-corrected chi connectivity index (χ0v) is 16.1. The molecular formula is C15H14Cl3NO4S. The summed E-state index contributed by atoms with van der Waals surface area (Å²) in [5.74, 6) is 0.729. The quantitative estimate of drug-likeness (QED) is 0.729. The lowest BCUT2D eigenvalue weighted by molar-refractivity contribution is 0.414. The number of ether oxygens (including phenoxy) is 2. The lowest BCUT2D eigenvalue weighted by Crippen LogP contribution is -2.26. The second-order valence-electron chi connectivity index (χ2n) is 4.69. The molecule has 0 aliphatic carbocycles. The zero-order valence-electron chi connectivity index (χ0n) is 13.0. The molecule has 0 aliphatic rings. The maximum atomic E-state index is 12.8. The van der Waals surface area contributed by atoms with Crippen LogP contribution in [0.3, 0.4) is 0 Å². The van der Waals surface area contributed by atoms with Gasteiger partial charge in [-0.05, 0) is 30.3 Å². The van der Waals surface area contributed by atoms with Crippen LogP contribution >= 0.6 is 34.8 Å². The molecule has 9 heteroatoms. The minimum absolute atomic E-state index is 0.0291. The molecule has 0 bridgehead atoms. The molecule has 0 heterocycles. The summed E-state index contributed by atoms with van der Waals surface area (Å²) in [5, 5.41) is 0.208. The third-order valence-electron chi connectivity index (χ3n) is 3.37. The highest BCUT2D eigenvalue weighted by Crippen LogP contribution is 2.39. The van der Waals surface area contributed by atoms with Crippen molar-refractivity contribution in [3.8, 4) is 11.5 Å². The highest BCUT2D eigenvalue weighted by molar-refractivity contribution is 7.93. The van der Waals surface area contributed by atoms with Gasteiger partial charge < -0.3 is 9.47 Å². The highest BCUT2D eigenvalue weighted by Gasteiger charge is 2.27. The van der Waals surface area contributed by atoms with Crippen molar-refractivity contribution in [2.75, 3.05) is 25.6 Å². The average Bonchev–Trinajstić information content (AvgIpc) is 2.56. The number of hydrogen-bond acceptors (Lipinski definition) is 4. The molecule has 0 aliphatic heterocycles. The molecule has 5 nitrogen and oxygen atoms in total. The summed E-state index contributed by atoms with van der Waals surface area (Å²) in [6, 6.07) is 7.41. The largest absolute Gasteiger partial charge is 0.495 e. The molecule has 0 radical (unpaired) electrons. The third kappa shape index (κ3) is 3.37. The Labute approximate surface area is 155 Å². The number of halogens is 3. The molecule has 0 saturated heterocycles. The molecule has 0 spiro atoms. The van der Waals surface area contributed by atoms with Crippen molar-refractivity contribution in [3.63, 3.8) is 0 Å². The Kier molecular flexibility index (Phi) is 5.75. The van der Waals surface area contributed by atoms with Gasteiger partial charge in [-0.25, -0.2) is 8.42 Å². The smallest absolute Gasteiger partial charge is 0.265 e. The van der Waals surface area contributed by atoms with Gasteiger partial charge in [0.2, 0.25) is 0 Å². The Morgan fingerprint density at radius 1 is 0.917 bits per heavy atom. The topological polar surface area (TPSA) is 55.8 Å². The summed E-state index contributed by atoms with van der Waals surface area (Å²) >= 11 is 18.2. The van der Waals surface area contributed by atoms with Crippen molar-refractivity contribution in [1.29, 1.82) is 0 Å². The van der Waals surface area contributed by atoms with E-state index in [-0.39, 0.29) is 25.7 Å². The Bertz CT molecular complexity index is 871. The van der Waals surface area contributed by atoms with Gasteiger partial charge in [0.1, 0.15) is 21.4 Å². The van der Waals surface area contributed by atoms with Crippen molar-refractivity contribution in [2.45, 2.75) is 4.90 Å². The van der Waals surface area contributed by atoms with Gasteiger partial charge in [-0.3, -0.25) is 4.31 Å². The Morgan fingerprint density at radius 3 is 2.04 bits per heavy atom. The van der Waals surface area contributed by atoms with Gasteiger partial charge in [0.25, 0.3) is 10.0 Å². The number of sulfonamides is 1. The van der Waals surface area contributed by atoms with Crippen LogP contribution < -0.4 is 13.8 Å². The van der Waals surface area contributed by atoms with Crippen LogP contribution in [-0.2, 0) is 10.0 Å². The zero-order chi connectivity index (χ0) is 18.1. The lowest BCUT2D eigenvalue weighted by atomic mass is 10.3. The van der Waals surface area contributed by atoms with E-state index in [1.165, 1.54) is 39.5 Å². The van der Waals surface area contributed by atoms with E-state index in [0.29, 0.717) is 11.4 Å². The van der Waals surface area contributed by atoms with E-state index < -0.39 is 10.0 Å². The Balaban J connectivity index is 2.51. The molecule has 0 amide bonds. The standard InChI is InChI=1S/C15H14Cl3NO4S/c1-19(9-4-5-11(22-2)10(16)8-9)24(20,21)13-7-6-12(23-3)14(17)15(13)18/h4-8H,1-3H3. The van der Waals surface area contributed by atoms with Crippen LogP contribution in [0, 0.1) is 0 Å². The third-order valence-corrected chi connectivity index (χ3v) is 6.47. The van der Waals surface area contributed by atoms with E-state index in [9.17, 15) is 8.42 Å². The van der Waals surface area contributed by atoms with Crippen LogP contribution in [0.25, 0.3) is 0 Å². The van der Waals surface area contributed by atoms with Crippen molar-refractivity contribution >= 4 is 50.5 Å². The van der Waals surface area contributed by atoms with Gasteiger partial charge in [-0.2, -0.15) is 0 Å². The predicted octanol–water partition coefficient (Wildman–Crippen LogP) is 4.49. The maximum Gasteiger partial charge on any atom is 0.265 e. The number of rotatable bonds is 5. The monoisotopic (exact) mass is 409 g/mol. The first-order valence-corrected chi connectivity index (χ1v) is 9.16. The summed E-state index contributed by atoms with van der Waals surface area (Å²) in [6.07, 6.45) is 0. The van der Waals surface area contributed by atoms with E-state index >= 15 is 0 Å². The first-order chi connectivity index (χ1) is 11.2. The molecule has 2 aromatic carbocycles. The van der Waals surface area contributed by atoms with Crippen molar-refractivity contribution in [2.24, 2.45) is 0 Å². The number of methoxy groups -OCH3 is 2. The fraction of sp³-hybridized carbons (Fsp3) is 0.200. The number of hydrogen-bond donors (Lipinski definition) is 0. The molecule has 2 aromatic rings. The SMILES string of the molecule is COc1ccc(N(C)S(=O)(=O)c2ccc(OC)c(Cl)c2Cl)cc1Cl. The first kappa shape index (κ1) is 19.0. The molecule has 24 heavy (non-hydrogen) atoms. The van der Waals surface area contributed by atoms with E-state index in [0.717, 1.165) is 4.31 Å².